The van der Waals surface area contributed by atoms with Crippen molar-refractivity contribution in [2.45, 2.75) is 63.9 Å². The Morgan fingerprint density at radius 2 is 1.06 bits per heavy atom. The van der Waals surface area contributed by atoms with E-state index in [0.29, 0.717) is 0 Å². The van der Waals surface area contributed by atoms with Crippen molar-refractivity contribution in [1.82, 2.24) is 0 Å². The van der Waals surface area contributed by atoms with Gasteiger partial charge in [-0.15, -0.1) is 0 Å². The minimum absolute atomic E-state index is 0.126. The highest BCUT2D eigenvalue weighted by Gasteiger charge is 2.64. The summed E-state index contributed by atoms with van der Waals surface area (Å²) < 4.78 is 22.2. The molecule has 2 heterocycles. The van der Waals surface area contributed by atoms with Crippen LogP contribution in [0, 0.1) is 11.8 Å². The van der Waals surface area contributed by atoms with Gasteiger partial charge in [-0.25, -0.2) is 9.59 Å². The quantitative estimate of drug-likeness (QED) is 0.252. The molecule has 6 N–H and O–H groups in total. The first-order chi connectivity index (χ1) is 22.7. The van der Waals surface area contributed by atoms with E-state index in [1.807, 2.05) is 0 Å². The van der Waals surface area contributed by atoms with E-state index in [0.717, 1.165) is 0 Å². The van der Waals surface area contributed by atoms with Crippen LogP contribution >= 0.6 is 0 Å². The van der Waals surface area contributed by atoms with Crippen molar-refractivity contribution in [3.05, 3.63) is 46.5 Å². The second-order valence-electron chi connectivity index (χ2n) is 12.3. The average molecular weight is 667 g/mol. The number of rotatable bonds is 5. The molecule has 0 bridgehead atoms. The average Bonchev–Trinajstić information content (AvgIpc) is 3.02. The van der Waals surface area contributed by atoms with Crippen LogP contribution in [-0.2, 0) is 28.7 Å². The van der Waals surface area contributed by atoms with Crippen molar-refractivity contribution in [2.75, 3.05) is 13.2 Å². The lowest BCUT2D eigenvalue weighted by Crippen LogP contribution is -2.64. The Labute approximate surface area is 273 Å². The number of carbonyl (C=O) groups excluding carboxylic acids is 4. The first-order valence-electron chi connectivity index (χ1n) is 15.4. The third kappa shape index (κ3) is 4.18. The van der Waals surface area contributed by atoms with Gasteiger partial charge in [-0.05, 0) is 49.9 Å². The van der Waals surface area contributed by atoms with Crippen LogP contribution in [0.25, 0.3) is 22.6 Å². The van der Waals surface area contributed by atoms with Gasteiger partial charge in [0.15, 0.2) is 11.6 Å². The van der Waals surface area contributed by atoms with Gasteiger partial charge in [-0.1, -0.05) is 13.8 Å². The Morgan fingerprint density at radius 3 is 1.40 bits per heavy atom. The Kier molecular flexibility index (Phi) is 7.71. The summed E-state index contributed by atoms with van der Waals surface area (Å²) in [6, 6.07) is 4.97. The molecule has 2 fully saturated rings. The number of esters is 2. The molecule has 4 aliphatic rings. The monoisotopic (exact) mass is 666 g/mol. The lowest BCUT2D eigenvalue weighted by molar-refractivity contribution is -0.176. The fourth-order valence-electron chi connectivity index (χ4n) is 7.17. The van der Waals surface area contributed by atoms with Crippen LogP contribution in [0.15, 0.2) is 35.4 Å². The maximum atomic E-state index is 13.3. The molecule has 0 spiro atoms. The number of fused-ring (bicyclic) bond motifs is 4. The molecule has 0 aromatic heterocycles. The fraction of sp³-hybridized carbons (Fsp3) is 0.412. The van der Waals surface area contributed by atoms with Crippen molar-refractivity contribution >= 4 is 35.0 Å². The molecule has 2 saturated carbocycles. The van der Waals surface area contributed by atoms with Crippen LogP contribution in [0.5, 0.6) is 23.0 Å². The second-order valence-corrected chi connectivity index (χ2v) is 12.3. The van der Waals surface area contributed by atoms with Gasteiger partial charge in [-0.2, -0.15) is 0 Å². The zero-order valence-corrected chi connectivity index (χ0v) is 26.4. The number of aliphatic hydroxyl groups excluding tert-OH is 4. The molecule has 6 rings (SSSR count). The number of carbonyl (C=O) groups is 4. The lowest BCUT2D eigenvalue weighted by Gasteiger charge is -2.45. The molecular formula is C34H34O14. The third-order valence-corrected chi connectivity index (χ3v) is 9.44. The summed E-state index contributed by atoms with van der Waals surface area (Å²) >= 11 is 0. The van der Waals surface area contributed by atoms with Gasteiger partial charge in [0.1, 0.15) is 57.9 Å². The second kappa shape index (κ2) is 11.3. The summed E-state index contributed by atoms with van der Waals surface area (Å²) in [6.45, 7) is 5.84. The van der Waals surface area contributed by atoms with Crippen LogP contribution < -0.4 is 9.47 Å². The number of phenols is 2. The first-order valence-corrected chi connectivity index (χ1v) is 15.4. The van der Waals surface area contributed by atoms with Crippen LogP contribution in [0.2, 0.25) is 0 Å². The zero-order chi connectivity index (χ0) is 35.0. The van der Waals surface area contributed by atoms with Gasteiger partial charge in [0.2, 0.25) is 0 Å². The molecule has 6 atom stereocenters. The number of ketones is 2. The molecule has 2 aliphatic heterocycles. The van der Waals surface area contributed by atoms with Gasteiger partial charge in [0.05, 0.1) is 24.4 Å². The predicted molar refractivity (Wildman–Crippen MR) is 164 cm³/mol. The van der Waals surface area contributed by atoms with E-state index in [9.17, 15) is 49.8 Å². The Morgan fingerprint density at radius 1 is 0.708 bits per heavy atom. The summed E-state index contributed by atoms with van der Waals surface area (Å²) in [6.07, 6.45) is -3.71. The highest BCUT2D eigenvalue weighted by Crippen LogP contribution is 2.55. The number of hydrogen-bond acceptors (Lipinski definition) is 14. The number of phenolic OH excluding ortho intramolecular Hbond substituents is 2. The molecule has 0 saturated heterocycles. The largest absolute Gasteiger partial charge is 0.506 e. The maximum absolute atomic E-state index is 13.3. The smallest absolute Gasteiger partial charge is 0.358 e. The summed E-state index contributed by atoms with van der Waals surface area (Å²) in [5.41, 5.74) is -7.20. The van der Waals surface area contributed by atoms with E-state index in [1.54, 1.807) is 0 Å². The maximum Gasteiger partial charge on any atom is 0.358 e. The van der Waals surface area contributed by atoms with Crippen LogP contribution in [0.1, 0.15) is 51.7 Å². The third-order valence-electron chi connectivity index (χ3n) is 9.44. The first kappa shape index (κ1) is 32.8. The van der Waals surface area contributed by atoms with Crippen LogP contribution in [0.3, 0.4) is 0 Å². The summed E-state index contributed by atoms with van der Waals surface area (Å²) in [7, 11) is 0. The van der Waals surface area contributed by atoms with E-state index in [-0.39, 0.29) is 48.7 Å². The van der Waals surface area contributed by atoms with E-state index in [1.165, 1.54) is 52.0 Å². The summed E-state index contributed by atoms with van der Waals surface area (Å²) in [4.78, 5) is 53.0. The van der Waals surface area contributed by atoms with Gasteiger partial charge in [-0.3, -0.25) is 9.59 Å². The predicted octanol–water partition coefficient (Wildman–Crippen LogP) is 2.63. The van der Waals surface area contributed by atoms with Crippen molar-refractivity contribution < 1.29 is 68.8 Å². The van der Waals surface area contributed by atoms with Gasteiger partial charge in [0.25, 0.3) is 11.2 Å². The van der Waals surface area contributed by atoms with Crippen LogP contribution in [-0.4, -0.2) is 90.8 Å². The highest BCUT2D eigenvalue weighted by molar-refractivity contribution is 6.14. The Bertz CT molecular complexity index is 1720. The standard InChI is InChI=1S/C34H34O14/c1-5-45-31(43)33-23(17(35)11-13(3)29(33)41)27(39)21-19(47-33)9-7-15(25(21)37)16-8-10-20-22(26(16)38)28(40)24-18(36)12-14(4)30(42)34(24,48-20)32(44)46-6-2/h7-10,13-14,29-30,37-42H,5-6,11-12H2,1-4H3/t13-,14-,29+,30+,33+,34+/m1/s1. The molecule has 14 nitrogen and oxygen atoms in total. The molecule has 2 aromatic carbocycles. The molecule has 0 radical (unpaired) electrons. The molecule has 2 aromatic rings. The molecule has 0 amide bonds. The molecule has 48 heavy (non-hydrogen) atoms. The summed E-state index contributed by atoms with van der Waals surface area (Å²) in [5.74, 6) is -8.88. The zero-order valence-electron chi connectivity index (χ0n) is 26.4. The number of hydrogen-bond donors (Lipinski definition) is 6. The van der Waals surface area contributed by atoms with Crippen LogP contribution in [0.4, 0.5) is 0 Å². The minimum atomic E-state index is -2.42. The molecule has 0 unspecified atom stereocenters. The van der Waals surface area contributed by atoms with E-state index >= 15 is 0 Å². The number of Topliss-reactive ketones (excluding diaryl/α,β-unsaturated/α-hetero) is 2. The minimum Gasteiger partial charge on any atom is -0.506 e. The molecule has 254 valence electrons. The fourth-order valence-corrected chi connectivity index (χ4v) is 7.17. The summed E-state index contributed by atoms with van der Waals surface area (Å²) in [5, 5.41) is 68.2. The number of aliphatic hydroxyl groups is 4. The van der Waals surface area contributed by atoms with E-state index < -0.39 is 104 Å². The molecule has 2 aliphatic carbocycles. The topological polar surface area (TPSA) is 227 Å². The Hall–Kier alpha value is -5.08. The Balaban J connectivity index is 1.53. The highest BCUT2D eigenvalue weighted by atomic mass is 16.6. The normalized spacial score (nSPS) is 29.1. The van der Waals surface area contributed by atoms with Crippen molar-refractivity contribution in [1.29, 1.82) is 0 Å². The van der Waals surface area contributed by atoms with Gasteiger partial charge >= 0.3 is 11.9 Å². The number of benzene rings is 2. The van der Waals surface area contributed by atoms with E-state index in [2.05, 4.69) is 0 Å². The van der Waals surface area contributed by atoms with Gasteiger partial charge in [0, 0.05) is 24.0 Å². The molecule has 14 heteroatoms. The SMILES string of the molecule is CCOC(=O)[C@]12Oc3ccc(-c4ccc5c(c4O)C(O)=C4C(=O)C[C@@H](C)[C@H](O)[C@@]4(C(=O)OCC)O5)c(O)c3C(O)=C1C(=O)C[C@@H](C)[C@@H]2O. The van der Waals surface area contributed by atoms with Crippen molar-refractivity contribution in [3.8, 4) is 34.1 Å². The van der Waals surface area contributed by atoms with Crippen molar-refractivity contribution in [2.24, 2.45) is 11.8 Å². The lowest BCUT2D eigenvalue weighted by atomic mass is 9.69. The van der Waals surface area contributed by atoms with E-state index in [4.69, 9.17) is 18.9 Å². The van der Waals surface area contributed by atoms with Crippen molar-refractivity contribution in [3.63, 3.8) is 0 Å². The number of aromatic hydroxyl groups is 2. The van der Waals surface area contributed by atoms with Gasteiger partial charge < -0.3 is 49.6 Å². The molecular weight excluding hydrogens is 632 g/mol. The number of ether oxygens (including phenoxy) is 4.